The average molecular weight is 659 g/mol. The Morgan fingerprint density at radius 1 is 0.288 bits per heavy atom. The lowest BCUT2D eigenvalue weighted by Crippen LogP contribution is -2.10. The fraction of sp³-hybridized carbons (Fsp3) is 0.0769. The van der Waals surface area contributed by atoms with Crippen LogP contribution in [-0.2, 0) is 5.41 Å². The molecule has 0 N–H and O–H groups in total. The maximum absolute atomic E-state index is 2.55. The molecule has 12 rings (SSSR count). The normalized spacial score (nSPS) is 12.9. The lowest BCUT2D eigenvalue weighted by atomic mass is 9.83. The van der Waals surface area contributed by atoms with Crippen molar-refractivity contribution < 1.29 is 0 Å². The van der Waals surface area contributed by atoms with Crippen LogP contribution in [0.25, 0.3) is 119 Å². The molecule has 0 radical (unpaired) electrons. The summed E-state index contributed by atoms with van der Waals surface area (Å²) in [6, 6.07) is 57.8. The van der Waals surface area contributed by atoms with Crippen LogP contribution in [-0.4, -0.2) is 0 Å². The largest absolute Gasteiger partial charge is 0.0622 e. The Morgan fingerprint density at radius 2 is 0.827 bits per heavy atom. The number of rotatable bonds is 2. The van der Waals surface area contributed by atoms with Gasteiger partial charge in [0.1, 0.15) is 0 Å². The molecule has 0 nitrogen and oxygen atoms in total. The summed E-state index contributed by atoms with van der Waals surface area (Å²) in [5.74, 6) is 0. The van der Waals surface area contributed by atoms with Crippen molar-refractivity contribution in [2.24, 2.45) is 0 Å². The second kappa shape index (κ2) is 9.75. The van der Waals surface area contributed by atoms with Crippen LogP contribution < -0.4 is 0 Å². The van der Waals surface area contributed by atoms with Crippen LogP contribution in [0, 0.1) is 0 Å². The van der Waals surface area contributed by atoms with Gasteiger partial charge in [-0.1, -0.05) is 154 Å². The smallest absolute Gasteiger partial charge is 0.000741 e. The molecule has 52 heavy (non-hydrogen) atoms. The summed E-state index contributed by atoms with van der Waals surface area (Å²) < 4.78 is 0. The molecule has 0 aliphatic heterocycles. The van der Waals surface area contributed by atoms with Gasteiger partial charge >= 0.3 is 0 Å². The van der Waals surface area contributed by atoms with Crippen LogP contribution in [0.15, 0.2) is 152 Å². The molecule has 12 aromatic rings. The van der Waals surface area contributed by atoms with E-state index in [0.29, 0.717) is 0 Å². The zero-order chi connectivity index (χ0) is 34.5. The van der Waals surface area contributed by atoms with Crippen molar-refractivity contribution in [3.63, 3.8) is 0 Å². The third kappa shape index (κ3) is 3.57. The molecule has 0 saturated carbocycles. The molecule has 0 heteroatoms. The highest BCUT2D eigenvalue weighted by Crippen LogP contribution is 2.54. The van der Waals surface area contributed by atoms with Crippen LogP contribution in [0.4, 0.5) is 0 Å². The molecule has 12 aromatic carbocycles. The van der Waals surface area contributed by atoms with E-state index in [9.17, 15) is 0 Å². The van der Waals surface area contributed by atoms with E-state index in [4.69, 9.17) is 0 Å². The van der Waals surface area contributed by atoms with Crippen molar-refractivity contribution in [3.8, 4) is 22.3 Å². The molecule has 0 saturated heterocycles. The van der Waals surface area contributed by atoms with Gasteiger partial charge < -0.3 is 0 Å². The first-order valence-corrected chi connectivity index (χ1v) is 18.5. The van der Waals surface area contributed by atoms with Crippen molar-refractivity contribution in [2.45, 2.75) is 26.2 Å². The average Bonchev–Trinajstić information content (AvgIpc) is 3.67. The summed E-state index contributed by atoms with van der Waals surface area (Å²) in [4.78, 5) is 0. The van der Waals surface area contributed by atoms with Gasteiger partial charge in [-0.05, 0) is 148 Å². The van der Waals surface area contributed by atoms with Crippen molar-refractivity contribution >= 4 is 97.0 Å². The Labute approximate surface area is 301 Å². The molecule has 0 aliphatic rings. The Hall–Kier alpha value is -6.24. The predicted octanol–water partition coefficient (Wildman–Crippen LogP) is 15.0. The minimum atomic E-state index is 0.0588. The van der Waals surface area contributed by atoms with Gasteiger partial charge in [-0.25, -0.2) is 0 Å². The zero-order valence-corrected chi connectivity index (χ0v) is 29.4. The van der Waals surface area contributed by atoms with Crippen molar-refractivity contribution in [3.05, 3.63) is 157 Å². The monoisotopic (exact) mass is 658 g/mol. The highest BCUT2D eigenvalue weighted by Gasteiger charge is 2.26. The summed E-state index contributed by atoms with van der Waals surface area (Å²) in [6.07, 6.45) is 0. The second-order valence-electron chi connectivity index (χ2n) is 16.0. The molecule has 0 unspecified atom stereocenters. The highest BCUT2D eigenvalue weighted by molar-refractivity contribution is 6.44. The molecule has 0 bridgehead atoms. The quantitative estimate of drug-likeness (QED) is 0.162. The number of fused-ring (bicyclic) bond motifs is 7. The predicted molar refractivity (Wildman–Crippen MR) is 227 cm³/mol. The summed E-state index contributed by atoms with van der Waals surface area (Å²) in [7, 11) is 0. The van der Waals surface area contributed by atoms with Crippen molar-refractivity contribution in [1.82, 2.24) is 0 Å². The van der Waals surface area contributed by atoms with Crippen LogP contribution in [0.1, 0.15) is 26.3 Å². The van der Waals surface area contributed by atoms with Crippen LogP contribution >= 0.6 is 0 Å². The van der Waals surface area contributed by atoms with Gasteiger partial charge in [0, 0.05) is 0 Å². The molecule has 0 aromatic heterocycles. The Balaban J connectivity index is 1.37. The van der Waals surface area contributed by atoms with Crippen molar-refractivity contribution in [1.29, 1.82) is 0 Å². The number of hydrogen-bond acceptors (Lipinski definition) is 0. The molecule has 0 spiro atoms. The lowest BCUT2D eigenvalue weighted by molar-refractivity contribution is 0.591. The van der Waals surface area contributed by atoms with Gasteiger partial charge in [-0.3, -0.25) is 0 Å². The maximum atomic E-state index is 2.55. The molecular weight excluding hydrogens is 625 g/mol. The van der Waals surface area contributed by atoms with Crippen molar-refractivity contribution in [2.75, 3.05) is 0 Å². The first kappa shape index (κ1) is 28.5. The Morgan fingerprint density at radius 3 is 1.44 bits per heavy atom. The van der Waals surface area contributed by atoms with E-state index in [1.165, 1.54) is 125 Å². The van der Waals surface area contributed by atoms with E-state index in [1.54, 1.807) is 0 Å². The standard InChI is InChI=1S/C52H34/c1-52(2,3)35-24-33-21-20-32-22-23-36-39-27-42-43(28-40(39)41-26-34(25-35)44(33)48(32)49(36)41)47(31-14-8-5-9-15-31)51-38-19-11-17-29-16-10-18-37(45(29)38)50(51)46(42)30-12-6-4-7-13-30/h4-28H,1-3H3. The van der Waals surface area contributed by atoms with Gasteiger partial charge in [0.25, 0.3) is 0 Å². The van der Waals surface area contributed by atoms with Crippen LogP contribution in [0.3, 0.4) is 0 Å². The fourth-order valence-electron chi connectivity index (χ4n) is 9.89. The van der Waals surface area contributed by atoms with Crippen LogP contribution in [0.2, 0.25) is 0 Å². The fourth-order valence-corrected chi connectivity index (χ4v) is 9.89. The van der Waals surface area contributed by atoms with E-state index >= 15 is 0 Å². The molecule has 0 atom stereocenters. The molecule has 0 heterocycles. The molecule has 0 amide bonds. The SMILES string of the molecule is CC(C)(C)c1cc2ccc3ccc4c5cc6c(-c7ccccc7)c7c8cccc9cccc(c7c(-c7ccccc7)c6cc5c5cc(c1)c2c3c45)c98. The summed E-state index contributed by atoms with van der Waals surface area (Å²) in [5.41, 5.74) is 6.61. The molecular formula is C52H34. The van der Waals surface area contributed by atoms with Gasteiger partial charge in [0.2, 0.25) is 0 Å². The molecule has 0 aliphatic carbocycles. The molecule has 242 valence electrons. The minimum Gasteiger partial charge on any atom is -0.0622 e. The van der Waals surface area contributed by atoms with Gasteiger partial charge in [0.15, 0.2) is 0 Å². The number of benzene rings is 10. The first-order valence-electron chi connectivity index (χ1n) is 18.5. The summed E-state index contributed by atoms with van der Waals surface area (Å²) >= 11 is 0. The third-order valence-corrected chi connectivity index (χ3v) is 12.2. The number of hydrogen-bond donors (Lipinski definition) is 0. The van der Waals surface area contributed by atoms with E-state index in [-0.39, 0.29) is 5.41 Å². The highest BCUT2D eigenvalue weighted by atomic mass is 14.3. The minimum absolute atomic E-state index is 0.0588. The van der Waals surface area contributed by atoms with E-state index in [2.05, 4.69) is 172 Å². The second-order valence-corrected chi connectivity index (χ2v) is 16.0. The third-order valence-electron chi connectivity index (χ3n) is 12.2. The van der Waals surface area contributed by atoms with Gasteiger partial charge in [-0.2, -0.15) is 0 Å². The Bertz CT molecular complexity index is 3390. The molecule has 0 fully saturated rings. The van der Waals surface area contributed by atoms with Gasteiger partial charge in [-0.15, -0.1) is 0 Å². The summed E-state index contributed by atoms with van der Waals surface area (Å²) in [5, 5.41) is 24.2. The zero-order valence-electron chi connectivity index (χ0n) is 29.4. The first-order chi connectivity index (χ1) is 25.4. The summed E-state index contributed by atoms with van der Waals surface area (Å²) in [6.45, 7) is 6.97. The van der Waals surface area contributed by atoms with Gasteiger partial charge in [0.05, 0.1) is 0 Å². The topological polar surface area (TPSA) is 0 Å². The van der Waals surface area contributed by atoms with Crippen LogP contribution in [0.5, 0.6) is 0 Å². The maximum Gasteiger partial charge on any atom is -0.000741 e. The van der Waals surface area contributed by atoms with E-state index in [0.717, 1.165) is 0 Å². The van der Waals surface area contributed by atoms with E-state index < -0.39 is 0 Å². The Kier molecular flexibility index (Phi) is 5.34. The lowest BCUT2D eigenvalue weighted by Gasteiger charge is -2.21. The van der Waals surface area contributed by atoms with E-state index in [1.807, 2.05) is 0 Å².